The van der Waals surface area contributed by atoms with Gasteiger partial charge in [0.2, 0.25) is 5.28 Å². The molecule has 1 N–H and O–H groups in total. The van der Waals surface area contributed by atoms with Crippen molar-refractivity contribution in [3.05, 3.63) is 29.5 Å². The Morgan fingerprint density at radius 2 is 1.90 bits per heavy atom. The van der Waals surface area contributed by atoms with Crippen molar-refractivity contribution in [1.82, 2.24) is 9.97 Å². The second-order valence-corrected chi connectivity index (χ2v) is 5.88. The molecule has 3 rings (SSSR count). The SMILES string of the molecule is OCCN(c1nc(Cl)nc2ccccc12)C1CCCCC1. The van der Waals surface area contributed by atoms with Crippen LogP contribution in [0.15, 0.2) is 24.3 Å². The highest BCUT2D eigenvalue weighted by Crippen LogP contribution is 2.31. The lowest BCUT2D eigenvalue weighted by atomic mass is 9.94. The van der Waals surface area contributed by atoms with E-state index in [2.05, 4.69) is 14.9 Å². The molecule has 0 atom stereocenters. The van der Waals surface area contributed by atoms with Gasteiger partial charge in [0.15, 0.2) is 0 Å². The molecule has 0 aliphatic heterocycles. The lowest BCUT2D eigenvalue weighted by molar-refractivity contribution is 0.289. The van der Waals surface area contributed by atoms with Gasteiger partial charge in [-0.05, 0) is 36.6 Å². The maximum atomic E-state index is 9.45. The van der Waals surface area contributed by atoms with Gasteiger partial charge in [-0.1, -0.05) is 31.4 Å². The van der Waals surface area contributed by atoms with Crippen LogP contribution >= 0.6 is 11.6 Å². The van der Waals surface area contributed by atoms with Crippen molar-refractivity contribution in [3.63, 3.8) is 0 Å². The number of hydrogen-bond acceptors (Lipinski definition) is 4. The number of benzene rings is 1. The predicted octanol–water partition coefficient (Wildman–Crippen LogP) is 3.41. The lowest BCUT2D eigenvalue weighted by Gasteiger charge is -2.35. The van der Waals surface area contributed by atoms with Crippen LogP contribution in [-0.4, -0.2) is 34.3 Å². The summed E-state index contributed by atoms with van der Waals surface area (Å²) < 4.78 is 0. The fourth-order valence-corrected chi connectivity index (χ4v) is 3.38. The molecule has 21 heavy (non-hydrogen) atoms. The molecule has 1 heterocycles. The topological polar surface area (TPSA) is 49.2 Å². The fourth-order valence-electron chi connectivity index (χ4n) is 3.21. The van der Waals surface area contributed by atoms with Gasteiger partial charge in [-0.25, -0.2) is 4.98 Å². The smallest absolute Gasteiger partial charge is 0.224 e. The molecule has 112 valence electrons. The van der Waals surface area contributed by atoms with Crippen LogP contribution in [0.5, 0.6) is 0 Å². The van der Waals surface area contributed by atoms with Gasteiger partial charge in [0, 0.05) is 18.0 Å². The first-order chi connectivity index (χ1) is 10.3. The van der Waals surface area contributed by atoms with E-state index < -0.39 is 0 Å². The third kappa shape index (κ3) is 3.11. The maximum Gasteiger partial charge on any atom is 0.224 e. The number of aliphatic hydroxyl groups excluding tert-OH is 1. The minimum atomic E-state index is 0.118. The summed E-state index contributed by atoms with van der Waals surface area (Å²) >= 11 is 6.10. The quantitative estimate of drug-likeness (QED) is 0.879. The molecule has 0 unspecified atom stereocenters. The molecule has 0 spiro atoms. The van der Waals surface area contributed by atoms with Crippen LogP contribution in [0.25, 0.3) is 10.9 Å². The van der Waals surface area contributed by atoms with Crippen molar-refractivity contribution < 1.29 is 5.11 Å². The van der Waals surface area contributed by atoms with Crippen LogP contribution in [0, 0.1) is 0 Å². The highest BCUT2D eigenvalue weighted by Gasteiger charge is 2.24. The average molecular weight is 306 g/mol. The zero-order valence-corrected chi connectivity index (χ0v) is 12.8. The van der Waals surface area contributed by atoms with Crippen LogP contribution in [0.1, 0.15) is 32.1 Å². The molecule has 5 heteroatoms. The minimum absolute atomic E-state index is 0.118. The number of fused-ring (bicyclic) bond motifs is 1. The second-order valence-electron chi connectivity index (χ2n) is 5.54. The molecule has 1 aromatic heterocycles. The summed E-state index contributed by atoms with van der Waals surface area (Å²) in [5, 5.41) is 10.7. The monoisotopic (exact) mass is 305 g/mol. The molecule has 1 saturated carbocycles. The molecule has 0 saturated heterocycles. The van der Waals surface area contributed by atoms with Crippen LogP contribution in [0.4, 0.5) is 5.82 Å². The van der Waals surface area contributed by atoms with Crippen LogP contribution in [0.2, 0.25) is 5.28 Å². The van der Waals surface area contributed by atoms with E-state index in [4.69, 9.17) is 11.6 Å². The Bertz CT molecular complexity index is 613. The van der Waals surface area contributed by atoms with Gasteiger partial charge in [0.1, 0.15) is 5.82 Å². The molecule has 2 aromatic rings. The summed E-state index contributed by atoms with van der Waals surface area (Å²) in [4.78, 5) is 11.0. The van der Waals surface area contributed by atoms with Gasteiger partial charge in [-0.2, -0.15) is 4.98 Å². The van der Waals surface area contributed by atoms with Gasteiger partial charge in [-0.3, -0.25) is 0 Å². The van der Waals surface area contributed by atoms with E-state index in [1.807, 2.05) is 24.3 Å². The van der Waals surface area contributed by atoms with Crippen molar-refractivity contribution >= 4 is 28.3 Å². The molecule has 0 amide bonds. The summed E-state index contributed by atoms with van der Waals surface area (Å²) in [6.45, 7) is 0.703. The maximum absolute atomic E-state index is 9.45. The van der Waals surface area contributed by atoms with E-state index >= 15 is 0 Å². The molecule has 1 aliphatic carbocycles. The van der Waals surface area contributed by atoms with Gasteiger partial charge >= 0.3 is 0 Å². The Hall–Kier alpha value is -1.39. The summed E-state index contributed by atoms with van der Waals surface area (Å²) in [5.41, 5.74) is 0.853. The van der Waals surface area contributed by atoms with E-state index in [9.17, 15) is 5.11 Å². The van der Waals surface area contributed by atoms with Gasteiger partial charge < -0.3 is 10.0 Å². The molecule has 0 radical (unpaired) electrons. The van der Waals surface area contributed by atoms with Gasteiger partial charge in [-0.15, -0.1) is 0 Å². The zero-order chi connectivity index (χ0) is 14.7. The Kier molecular flexibility index (Phi) is 4.56. The zero-order valence-electron chi connectivity index (χ0n) is 12.0. The molecule has 4 nitrogen and oxygen atoms in total. The van der Waals surface area contributed by atoms with E-state index in [0.717, 1.165) is 29.6 Å². The first kappa shape index (κ1) is 14.5. The van der Waals surface area contributed by atoms with Crippen molar-refractivity contribution in [2.45, 2.75) is 38.1 Å². The number of hydrogen-bond donors (Lipinski definition) is 1. The van der Waals surface area contributed by atoms with Crippen LogP contribution in [0.3, 0.4) is 0 Å². The first-order valence-electron chi connectivity index (χ1n) is 7.59. The Balaban J connectivity index is 2.05. The third-order valence-corrected chi connectivity index (χ3v) is 4.35. The molecular weight excluding hydrogens is 286 g/mol. The average Bonchev–Trinajstić information content (AvgIpc) is 2.52. The number of para-hydroxylation sites is 1. The van der Waals surface area contributed by atoms with Crippen molar-refractivity contribution in [2.24, 2.45) is 0 Å². The Morgan fingerprint density at radius 1 is 1.14 bits per heavy atom. The number of rotatable bonds is 4. The van der Waals surface area contributed by atoms with E-state index in [-0.39, 0.29) is 11.9 Å². The standard InChI is InChI=1S/C16H20ClN3O/c17-16-18-14-9-5-4-8-13(14)15(19-16)20(10-11-21)12-6-2-1-3-7-12/h4-5,8-9,12,21H,1-3,6-7,10-11H2. The summed E-state index contributed by atoms with van der Waals surface area (Å²) in [7, 11) is 0. The van der Waals surface area contributed by atoms with Crippen molar-refractivity contribution in [1.29, 1.82) is 0 Å². The number of halogens is 1. The molecular formula is C16H20ClN3O. The van der Waals surface area contributed by atoms with Gasteiger partial charge in [0.25, 0.3) is 0 Å². The largest absolute Gasteiger partial charge is 0.395 e. The third-order valence-electron chi connectivity index (χ3n) is 4.18. The van der Waals surface area contributed by atoms with Crippen molar-refractivity contribution in [2.75, 3.05) is 18.1 Å². The lowest BCUT2D eigenvalue weighted by Crippen LogP contribution is -2.39. The number of anilines is 1. The van der Waals surface area contributed by atoms with Crippen LogP contribution in [-0.2, 0) is 0 Å². The molecule has 1 fully saturated rings. The Morgan fingerprint density at radius 3 is 2.67 bits per heavy atom. The normalized spacial score (nSPS) is 16.3. The van der Waals surface area contributed by atoms with Crippen LogP contribution < -0.4 is 4.90 Å². The fraction of sp³-hybridized carbons (Fsp3) is 0.500. The van der Waals surface area contributed by atoms with E-state index in [1.54, 1.807) is 0 Å². The minimum Gasteiger partial charge on any atom is -0.395 e. The van der Waals surface area contributed by atoms with Gasteiger partial charge in [0.05, 0.1) is 12.1 Å². The summed E-state index contributed by atoms with van der Waals surface area (Å²) in [5.74, 6) is 0.853. The second kappa shape index (κ2) is 6.58. The molecule has 1 aromatic carbocycles. The molecule has 0 bridgehead atoms. The first-order valence-corrected chi connectivity index (χ1v) is 7.97. The van der Waals surface area contributed by atoms with Crippen molar-refractivity contribution in [3.8, 4) is 0 Å². The summed E-state index contributed by atoms with van der Waals surface area (Å²) in [6, 6.07) is 8.34. The number of nitrogens with zero attached hydrogens (tertiary/aromatic N) is 3. The molecule has 1 aliphatic rings. The summed E-state index contributed by atoms with van der Waals surface area (Å²) in [6.07, 6.45) is 6.08. The Labute approximate surface area is 129 Å². The van der Waals surface area contributed by atoms with E-state index in [0.29, 0.717) is 12.6 Å². The highest BCUT2D eigenvalue weighted by atomic mass is 35.5. The number of aliphatic hydroxyl groups is 1. The van der Waals surface area contributed by atoms with E-state index in [1.165, 1.54) is 19.3 Å². The number of aromatic nitrogens is 2. The predicted molar refractivity (Wildman–Crippen MR) is 85.9 cm³/mol. The highest BCUT2D eigenvalue weighted by molar-refractivity contribution is 6.28.